The highest BCUT2D eigenvalue weighted by Crippen LogP contribution is 2.19. The first-order valence-electron chi connectivity index (χ1n) is 6.61. The van der Waals surface area contributed by atoms with E-state index in [1.54, 1.807) is 7.11 Å². The summed E-state index contributed by atoms with van der Waals surface area (Å²) in [4.78, 5) is 16.6. The SMILES string of the molecule is COc1ccccc1C(=O)N1CCN(CCN)CC1. The standard InChI is InChI=1S/C14H21N3O2/c1-19-13-5-3-2-4-12(13)14(18)17-10-8-16(7-6-15)9-11-17/h2-5H,6-11,15H2,1H3. The molecule has 0 unspecified atom stereocenters. The number of nitrogens with two attached hydrogens (primary N) is 1. The number of methoxy groups -OCH3 is 1. The third kappa shape index (κ3) is 3.24. The van der Waals surface area contributed by atoms with Gasteiger partial charge in [-0.25, -0.2) is 0 Å². The zero-order chi connectivity index (χ0) is 13.7. The van der Waals surface area contributed by atoms with Gasteiger partial charge in [-0.3, -0.25) is 9.69 Å². The number of nitrogens with zero attached hydrogens (tertiary/aromatic N) is 2. The summed E-state index contributed by atoms with van der Waals surface area (Å²) in [5.41, 5.74) is 6.18. The first-order valence-corrected chi connectivity index (χ1v) is 6.61. The maximum atomic E-state index is 12.4. The number of hydrogen-bond donors (Lipinski definition) is 1. The van der Waals surface area contributed by atoms with E-state index >= 15 is 0 Å². The van der Waals surface area contributed by atoms with E-state index in [4.69, 9.17) is 10.5 Å². The van der Waals surface area contributed by atoms with E-state index in [-0.39, 0.29) is 5.91 Å². The Morgan fingerprint density at radius 3 is 2.58 bits per heavy atom. The third-order valence-electron chi connectivity index (χ3n) is 3.44. The fourth-order valence-corrected chi connectivity index (χ4v) is 2.35. The maximum absolute atomic E-state index is 12.4. The lowest BCUT2D eigenvalue weighted by molar-refractivity contribution is 0.0638. The highest BCUT2D eigenvalue weighted by molar-refractivity contribution is 5.97. The maximum Gasteiger partial charge on any atom is 0.257 e. The summed E-state index contributed by atoms with van der Waals surface area (Å²) < 4.78 is 5.24. The van der Waals surface area contributed by atoms with Crippen LogP contribution in [0.4, 0.5) is 0 Å². The molecular weight excluding hydrogens is 242 g/mol. The molecule has 2 rings (SSSR count). The van der Waals surface area contributed by atoms with E-state index in [0.29, 0.717) is 17.9 Å². The molecule has 0 aromatic heterocycles. The normalized spacial score (nSPS) is 16.4. The van der Waals surface area contributed by atoms with Gasteiger partial charge in [-0.2, -0.15) is 0 Å². The summed E-state index contributed by atoms with van der Waals surface area (Å²) in [7, 11) is 1.59. The van der Waals surface area contributed by atoms with Crippen LogP contribution in [0.3, 0.4) is 0 Å². The van der Waals surface area contributed by atoms with Crippen molar-refractivity contribution < 1.29 is 9.53 Å². The van der Waals surface area contributed by atoms with Crippen molar-refractivity contribution >= 4 is 5.91 Å². The van der Waals surface area contributed by atoms with Gasteiger partial charge in [0.05, 0.1) is 12.7 Å². The fraction of sp³-hybridized carbons (Fsp3) is 0.500. The minimum absolute atomic E-state index is 0.0462. The van der Waals surface area contributed by atoms with Gasteiger partial charge >= 0.3 is 0 Å². The van der Waals surface area contributed by atoms with E-state index in [1.807, 2.05) is 29.2 Å². The number of para-hydroxylation sites is 1. The van der Waals surface area contributed by atoms with Crippen LogP contribution < -0.4 is 10.5 Å². The van der Waals surface area contributed by atoms with Crippen molar-refractivity contribution in [2.45, 2.75) is 0 Å². The molecule has 1 aliphatic rings. The number of ether oxygens (including phenoxy) is 1. The van der Waals surface area contributed by atoms with Crippen molar-refractivity contribution in [1.82, 2.24) is 9.80 Å². The summed E-state index contributed by atoms with van der Waals surface area (Å²) in [5.74, 6) is 0.682. The molecule has 1 fully saturated rings. The lowest BCUT2D eigenvalue weighted by Crippen LogP contribution is -2.49. The van der Waals surface area contributed by atoms with Crippen LogP contribution in [0.5, 0.6) is 5.75 Å². The van der Waals surface area contributed by atoms with Crippen molar-refractivity contribution in [2.75, 3.05) is 46.4 Å². The Hall–Kier alpha value is -1.59. The molecule has 0 spiro atoms. The first-order chi connectivity index (χ1) is 9.26. The molecule has 2 N–H and O–H groups in total. The minimum Gasteiger partial charge on any atom is -0.496 e. The minimum atomic E-state index is 0.0462. The average molecular weight is 263 g/mol. The number of benzene rings is 1. The van der Waals surface area contributed by atoms with Crippen LogP contribution in [-0.4, -0.2) is 62.1 Å². The van der Waals surface area contributed by atoms with Gasteiger partial charge in [-0.05, 0) is 12.1 Å². The van der Waals surface area contributed by atoms with Gasteiger partial charge in [0, 0.05) is 39.3 Å². The van der Waals surface area contributed by atoms with E-state index in [2.05, 4.69) is 4.90 Å². The van der Waals surface area contributed by atoms with Gasteiger partial charge in [0.15, 0.2) is 0 Å². The van der Waals surface area contributed by atoms with Crippen molar-refractivity contribution in [3.05, 3.63) is 29.8 Å². The van der Waals surface area contributed by atoms with Crippen molar-refractivity contribution in [2.24, 2.45) is 5.73 Å². The molecule has 0 saturated carbocycles. The molecule has 1 aromatic rings. The molecular formula is C14H21N3O2. The second-order valence-corrected chi connectivity index (χ2v) is 4.62. The van der Waals surface area contributed by atoms with Gasteiger partial charge in [-0.1, -0.05) is 12.1 Å². The highest BCUT2D eigenvalue weighted by Gasteiger charge is 2.23. The number of piperazine rings is 1. The van der Waals surface area contributed by atoms with Crippen molar-refractivity contribution in [1.29, 1.82) is 0 Å². The molecule has 1 amide bonds. The zero-order valence-electron chi connectivity index (χ0n) is 11.3. The number of carbonyl (C=O) groups is 1. The number of hydrogen-bond acceptors (Lipinski definition) is 4. The molecule has 1 aliphatic heterocycles. The Labute approximate surface area is 113 Å². The predicted octanol–water partition coefficient (Wildman–Crippen LogP) is 0.412. The van der Waals surface area contributed by atoms with E-state index < -0.39 is 0 Å². The van der Waals surface area contributed by atoms with Crippen LogP contribution >= 0.6 is 0 Å². The predicted molar refractivity (Wildman–Crippen MR) is 74.4 cm³/mol. The number of amides is 1. The highest BCUT2D eigenvalue weighted by atomic mass is 16.5. The van der Waals surface area contributed by atoms with Gasteiger partial charge in [0.1, 0.15) is 5.75 Å². The number of rotatable bonds is 4. The van der Waals surface area contributed by atoms with Crippen LogP contribution in [0.2, 0.25) is 0 Å². The monoisotopic (exact) mass is 263 g/mol. The molecule has 1 aromatic carbocycles. The average Bonchev–Trinajstić information content (AvgIpc) is 2.47. The van der Waals surface area contributed by atoms with Crippen LogP contribution in [0, 0.1) is 0 Å². The second-order valence-electron chi connectivity index (χ2n) is 4.62. The molecule has 104 valence electrons. The molecule has 1 saturated heterocycles. The van der Waals surface area contributed by atoms with Crippen LogP contribution in [0.25, 0.3) is 0 Å². The molecule has 5 nitrogen and oxygen atoms in total. The molecule has 0 aliphatic carbocycles. The third-order valence-corrected chi connectivity index (χ3v) is 3.44. The summed E-state index contributed by atoms with van der Waals surface area (Å²) >= 11 is 0. The number of carbonyl (C=O) groups excluding carboxylic acids is 1. The lowest BCUT2D eigenvalue weighted by Gasteiger charge is -2.34. The topological polar surface area (TPSA) is 58.8 Å². The molecule has 5 heteroatoms. The van der Waals surface area contributed by atoms with Gasteiger partial charge in [0.2, 0.25) is 0 Å². The Kier molecular flexibility index (Phi) is 4.76. The Morgan fingerprint density at radius 1 is 1.26 bits per heavy atom. The summed E-state index contributed by atoms with van der Waals surface area (Å²) in [6.07, 6.45) is 0. The Morgan fingerprint density at radius 2 is 1.95 bits per heavy atom. The van der Waals surface area contributed by atoms with Crippen LogP contribution in [-0.2, 0) is 0 Å². The molecule has 0 atom stereocenters. The summed E-state index contributed by atoms with van der Waals surface area (Å²) in [5, 5.41) is 0. The quantitative estimate of drug-likeness (QED) is 0.855. The zero-order valence-corrected chi connectivity index (χ0v) is 11.3. The van der Waals surface area contributed by atoms with E-state index in [1.165, 1.54) is 0 Å². The summed E-state index contributed by atoms with van der Waals surface area (Å²) in [6.45, 7) is 4.83. The van der Waals surface area contributed by atoms with Gasteiger partial charge < -0.3 is 15.4 Å². The smallest absolute Gasteiger partial charge is 0.257 e. The van der Waals surface area contributed by atoms with Crippen molar-refractivity contribution in [3.8, 4) is 5.75 Å². The van der Waals surface area contributed by atoms with E-state index in [9.17, 15) is 4.79 Å². The van der Waals surface area contributed by atoms with E-state index in [0.717, 1.165) is 32.7 Å². The van der Waals surface area contributed by atoms with Crippen molar-refractivity contribution in [3.63, 3.8) is 0 Å². The molecule has 19 heavy (non-hydrogen) atoms. The largest absolute Gasteiger partial charge is 0.496 e. The first kappa shape index (κ1) is 13.8. The molecule has 0 bridgehead atoms. The fourth-order valence-electron chi connectivity index (χ4n) is 2.35. The van der Waals surface area contributed by atoms with Crippen LogP contribution in [0.1, 0.15) is 10.4 Å². The summed E-state index contributed by atoms with van der Waals surface area (Å²) in [6, 6.07) is 7.36. The van der Waals surface area contributed by atoms with Crippen LogP contribution in [0.15, 0.2) is 24.3 Å². The Balaban J connectivity index is 2.01. The molecule has 0 radical (unpaired) electrons. The second kappa shape index (κ2) is 6.54. The lowest BCUT2D eigenvalue weighted by atomic mass is 10.1. The molecule has 1 heterocycles. The Bertz CT molecular complexity index is 428. The van der Waals surface area contributed by atoms with Gasteiger partial charge in [0.25, 0.3) is 5.91 Å². The van der Waals surface area contributed by atoms with Gasteiger partial charge in [-0.15, -0.1) is 0 Å².